The van der Waals surface area contributed by atoms with Crippen molar-refractivity contribution in [2.24, 2.45) is 0 Å². The van der Waals surface area contributed by atoms with Gasteiger partial charge in [0.25, 0.3) is 5.79 Å². The Morgan fingerprint density at radius 1 is 0.632 bits per heavy atom. The van der Waals surface area contributed by atoms with Crippen molar-refractivity contribution in [3.8, 4) is 0 Å². The first-order chi connectivity index (χ1) is 9.39. The Labute approximate surface area is 115 Å². The molecule has 0 aromatic rings. The summed E-state index contributed by atoms with van der Waals surface area (Å²) < 4.78 is 0. The lowest BCUT2D eigenvalue weighted by atomic mass is 9.83. The zero-order valence-corrected chi connectivity index (χ0v) is 11.8. The van der Waals surface area contributed by atoms with E-state index in [0.717, 1.165) is 6.42 Å². The van der Waals surface area contributed by atoms with Gasteiger partial charge in [-0.05, 0) is 63.4 Å². The van der Waals surface area contributed by atoms with Gasteiger partial charge in [-0.1, -0.05) is 24.0 Å². The van der Waals surface area contributed by atoms with Crippen molar-refractivity contribution in [3.63, 3.8) is 0 Å². The molecule has 0 amide bonds. The largest absolute Gasteiger partial charge is 0.259 e. The number of hydrogen-bond donors (Lipinski definition) is 0. The van der Waals surface area contributed by atoms with Crippen LogP contribution in [0.5, 0.6) is 0 Å². The molecular weight excluding hydrogens is 236 g/mol. The molecule has 3 saturated carbocycles. The van der Waals surface area contributed by atoms with Gasteiger partial charge in [0.1, 0.15) is 0 Å². The smallest absolute Gasteiger partial charge is 0.189 e. The highest BCUT2D eigenvalue weighted by Crippen LogP contribution is 2.56. The molecule has 0 N–H and O–H groups in total. The molecule has 1 aliphatic heterocycles. The highest BCUT2D eigenvalue weighted by atomic mass is 17.4. The van der Waals surface area contributed by atoms with Crippen molar-refractivity contribution in [2.45, 2.75) is 82.8 Å². The van der Waals surface area contributed by atoms with Crippen LogP contribution < -0.4 is 0 Å². The molecule has 104 valence electrons. The molecule has 0 aromatic heterocycles. The Kier molecular flexibility index (Phi) is 3.04. The molecule has 1 heterocycles. The summed E-state index contributed by atoms with van der Waals surface area (Å²) in [6.07, 6.45) is 15.8. The lowest BCUT2D eigenvalue weighted by Crippen LogP contribution is -2.12. The van der Waals surface area contributed by atoms with E-state index in [2.05, 4.69) is 0 Å². The number of allylic oxidation sites excluding steroid dienone is 2. The van der Waals surface area contributed by atoms with Gasteiger partial charge < -0.3 is 0 Å². The van der Waals surface area contributed by atoms with Gasteiger partial charge >= 0.3 is 0 Å². The third-order valence-corrected chi connectivity index (χ3v) is 5.37. The van der Waals surface area contributed by atoms with Crippen LogP contribution in [0.25, 0.3) is 0 Å². The number of rotatable bonds is 0. The van der Waals surface area contributed by atoms with E-state index in [1.807, 2.05) is 0 Å². The first-order valence-electron chi connectivity index (χ1n) is 8.20. The van der Waals surface area contributed by atoms with E-state index in [1.54, 1.807) is 16.7 Å². The quantitative estimate of drug-likeness (QED) is 0.454. The minimum atomic E-state index is -0.285. The first-order valence-corrected chi connectivity index (χ1v) is 8.20. The fraction of sp³-hybridized carbons (Fsp3) is 0.765. The van der Waals surface area contributed by atoms with Gasteiger partial charge in [0.2, 0.25) is 0 Å². The lowest BCUT2D eigenvalue weighted by molar-refractivity contribution is 0.0850. The van der Waals surface area contributed by atoms with E-state index in [0.29, 0.717) is 0 Å². The lowest BCUT2D eigenvalue weighted by Gasteiger charge is -2.22. The molecule has 0 radical (unpaired) electrons. The molecule has 0 bridgehead atoms. The van der Waals surface area contributed by atoms with Crippen LogP contribution in [-0.4, -0.2) is 5.79 Å². The summed E-state index contributed by atoms with van der Waals surface area (Å²) >= 11 is 0. The molecule has 4 rings (SSSR count). The molecule has 0 unspecified atom stereocenters. The summed E-state index contributed by atoms with van der Waals surface area (Å²) in [5.41, 5.74) is 6.54. The molecule has 19 heavy (non-hydrogen) atoms. The Bertz CT molecular complexity index is 424. The van der Waals surface area contributed by atoms with Crippen molar-refractivity contribution >= 4 is 0 Å². The average molecular weight is 260 g/mol. The summed E-state index contributed by atoms with van der Waals surface area (Å²) in [7, 11) is 0. The standard InChI is InChI=1S/C17H24O2/c1-3-7-13(8-4-1)15-11-12-17(18-19-17)16(15)14-9-5-2-6-10-14/h1-12H2. The third-order valence-electron chi connectivity index (χ3n) is 5.37. The molecule has 1 spiro atoms. The summed E-state index contributed by atoms with van der Waals surface area (Å²) in [6.45, 7) is 0. The molecule has 1 saturated heterocycles. The molecule has 0 atom stereocenters. The van der Waals surface area contributed by atoms with E-state index in [9.17, 15) is 0 Å². The van der Waals surface area contributed by atoms with E-state index in [-0.39, 0.29) is 5.79 Å². The predicted octanol–water partition coefficient (Wildman–Crippen LogP) is 4.96. The van der Waals surface area contributed by atoms with Gasteiger partial charge in [-0.2, -0.15) is 9.78 Å². The molecule has 4 fully saturated rings. The van der Waals surface area contributed by atoms with Crippen LogP contribution in [0.1, 0.15) is 77.0 Å². The van der Waals surface area contributed by atoms with E-state index in [4.69, 9.17) is 9.78 Å². The fourth-order valence-electron chi connectivity index (χ4n) is 4.33. The van der Waals surface area contributed by atoms with Crippen LogP contribution in [-0.2, 0) is 9.78 Å². The van der Waals surface area contributed by atoms with Crippen LogP contribution in [0.15, 0.2) is 22.3 Å². The normalized spacial score (nSPS) is 30.3. The second-order valence-electron chi connectivity index (χ2n) is 6.60. The Morgan fingerprint density at radius 3 is 1.79 bits per heavy atom. The maximum Gasteiger partial charge on any atom is 0.259 e. The van der Waals surface area contributed by atoms with Crippen LogP contribution >= 0.6 is 0 Å². The summed E-state index contributed by atoms with van der Waals surface area (Å²) in [5, 5.41) is 0. The van der Waals surface area contributed by atoms with Crippen LogP contribution in [0.3, 0.4) is 0 Å². The zero-order chi connectivity index (χ0) is 12.7. The topological polar surface area (TPSA) is 25.1 Å². The summed E-state index contributed by atoms with van der Waals surface area (Å²) in [6, 6.07) is 0. The van der Waals surface area contributed by atoms with Crippen molar-refractivity contribution in [1.29, 1.82) is 0 Å². The molecule has 2 nitrogen and oxygen atoms in total. The second-order valence-corrected chi connectivity index (χ2v) is 6.60. The van der Waals surface area contributed by atoms with Gasteiger partial charge in [-0.25, -0.2) is 0 Å². The molecule has 0 aromatic carbocycles. The molecule has 4 aliphatic rings. The maximum absolute atomic E-state index is 5.45. The zero-order valence-electron chi connectivity index (χ0n) is 11.8. The van der Waals surface area contributed by atoms with Gasteiger partial charge in [0.05, 0.1) is 0 Å². The van der Waals surface area contributed by atoms with Crippen LogP contribution in [0.4, 0.5) is 0 Å². The molecule has 3 aliphatic carbocycles. The van der Waals surface area contributed by atoms with Gasteiger partial charge in [-0.3, -0.25) is 0 Å². The maximum atomic E-state index is 5.45. The van der Waals surface area contributed by atoms with E-state index >= 15 is 0 Å². The third kappa shape index (κ3) is 2.09. The van der Waals surface area contributed by atoms with Crippen molar-refractivity contribution in [3.05, 3.63) is 22.3 Å². The van der Waals surface area contributed by atoms with Gasteiger partial charge in [0, 0.05) is 12.0 Å². The Hall–Kier alpha value is -0.600. The SMILES string of the molecule is C1CCC(=C2CCC3(OO3)C2=C2CCCCC2)CC1. The van der Waals surface area contributed by atoms with Crippen molar-refractivity contribution in [1.82, 2.24) is 0 Å². The monoisotopic (exact) mass is 260 g/mol. The predicted molar refractivity (Wildman–Crippen MR) is 74.4 cm³/mol. The van der Waals surface area contributed by atoms with Gasteiger partial charge in [0.15, 0.2) is 0 Å². The van der Waals surface area contributed by atoms with Crippen LogP contribution in [0, 0.1) is 0 Å². The fourth-order valence-corrected chi connectivity index (χ4v) is 4.33. The number of hydrogen-bond acceptors (Lipinski definition) is 2. The van der Waals surface area contributed by atoms with E-state index < -0.39 is 0 Å². The van der Waals surface area contributed by atoms with Gasteiger partial charge in [-0.15, -0.1) is 0 Å². The Balaban J connectivity index is 1.74. The first kappa shape index (κ1) is 12.2. The average Bonchev–Trinajstić information content (AvgIpc) is 3.14. The van der Waals surface area contributed by atoms with Crippen molar-refractivity contribution < 1.29 is 9.78 Å². The van der Waals surface area contributed by atoms with E-state index in [1.165, 1.54) is 76.2 Å². The van der Waals surface area contributed by atoms with Crippen molar-refractivity contribution in [2.75, 3.05) is 0 Å². The minimum absolute atomic E-state index is 0.285. The summed E-state index contributed by atoms with van der Waals surface area (Å²) in [5.74, 6) is -0.285. The minimum Gasteiger partial charge on any atom is -0.189 e. The Morgan fingerprint density at radius 2 is 1.21 bits per heavy atom. The highest BCUT2D eigenvalue weighted by Gasteiger charge is 2.58. The molecule has 2 heteroatoms. The van der Waals surface area contributed by atoms with Crippen LogP contribution in [0.2, 0.25) is 0 Å². The summed E-state index contributed by atoms with van der Waals surface area (Å²) in [4.78, 5) is 10.9. The molecular formula is C17H24O2. The second kappa shape index (κ2) is 4.75. The highest BCUT2D eigenvalue weighted by molar-refractivity contribution is 5.49.